The maximum atomic E-state index is 11.2. The van der Waals surface area contributed by atoms with Gasteiger partial charge in [-0.25, -0.2) is 0 Å². The van der Waals surface area contributed by atoms with E-state index in [0.29, 0.717) is 19.4 Å². The molecule has 0 spiro atoms. The summed E-state index contributed by atoms with van der Waals surface area (Å²) in [6, 6.07) is 7.94. The molecule has 0 amide bonds. The van der Waals surface area contributed by atoms with Gasteiger partial charge in [-0.15, -0.1) is 0 Å². The summed E-state index contributed by atoms with van der Waals surface area (Å²) in [6.07, 6.45) is 1.06. The number of nitrogens with zero attached hydrogens (tertiary/aromatic N) is 1. The quantitative estimate of drug-likeness (QED) is 0.773. The molecule has 1 aromatic carbocycles. The first-order chi connectivity index (χ1) is 9.39. The number of ether oxygens (including phenoxy) is 1. The van der Waals surface area contributed by atoms with Gasteiger partial charge in [0.2, 0.25) is 0 Å². The lowest BCUT2D eigenvalue weighted by Crippen LogP contribution is -2.27. The van der Waals surface area contributed by atoms with Crippen molar-refractivity contribution in [1.82, 2.24) is 0 Å². The van der Waals surface area contributed by atoms with E-state index in [1.54, 1.807) is 6.92 Å². The van der Waals surface area contributed by atoms with Gasteiger partial charge in [0.25, 0.3) is 0 Å². The zero-order valence-electron chi connectivity index (χ0n) is 12.3. The lowest BCUT2D eigenvalue weighted by atomic mass is 9.83. The Morgan fingerprint density at radius 2 is 2.15 bits per heavy atom. The molecule has 0 radical (unpaired) electrons. The molecule has 0 aliphatic carbocycles. The molecule has 0 aliphatic rings. The fourth-order valence-electron chi connectivity index (χ4n) is 1.95. The van der Waals surface area contributed by atoms with Crippen molar-refractivity contribution in [3.8, 4) is 11.8 Å². The summed E-state index contributed by atoms with van der Waals surface area (Å²) < 4.78 is 5.70. The predicted octanol–water partition coefficient (Wildman–Crippen LogP) is 3.47. The van der Waals surface area contributed by atoms with Crippen LogP contribution in [0.4, 0.5) is 0 Å². The molecule has 0 fully saturated rings. The van der Waals surface area contributed by atoms with Gasteiger partial charge in [-0.1, -0.05) is 12.1 Å². The monoisotopic (exact) mass is 275 g/mol. The van der Waals surface area contributed by atoms with Gasteiger partial charge in [0.05, 0.1) is 24.5 Å². The smallest absolute Gasteiger partial charge is 0.310 e. The van der Waals surface area contributed by atoms with Gasteiger partial charge in [0.15, 0.2) is 0 Å². The SMILES string of the molecule is Cc1ccc(C)c(OCCCC(C)(CC#N)C(=O)O)c1. The first kappa shape index (κ1) is 16.0. The Kier molecular flexibility index (Phi) is 5.57. The molecule has 0 aliphatic heterocycles. The van der Waals surface area contributed by atoms with Crippen LogP contribution in [0.3, 0.4) is 0 Å². The van der Waals surface area contributed by atoms with E-state index in [0.717, 1.165) is 16.9 Å². The molecule has 0 bridgehead atoms. The van der Waals surface area contributed by atoms with Crippen LogP contribution in [0.2, 0.25) is 0 Å². The molecule has 4 heteroatoms. The van der Waals surface area contributed by atoms with Crippen molar-refractivity contribution < 1.29 is 14.6 Å². The van der Waals surface area contributed by atoms with Gasteiger partial charge in [0, 0.05) is 0 Å². The van der Waals surface area contributed by atoms with Crippen LogP contribution in [0.25, 0.3) is 0 Å². The number of hydrogen-bond acceptors (Lipinski definition) is 3. The molecule has 0 saturated heterocycles. The molecule has 0 heterocycles. The first-order valence-corrected chi connectivity index (χ1v) is 6.69. The third kappa shape index (κ3) is 4.27. The van der Waals surface area contributed by atoms with Crippen molar-refractivity contribution >= 4 is 5.97 Å². The first-order valence-electron chi connectivity index (χ1n) is 6.69. The predicted molar refractivity (Wildman–Crippen MR) is 76.6 cm³/mol. The summed E-state index contributed by atoms with van der Waals surface area (Å²) in [5, 5.41) is 17.9. The highest BCUT2D eigenvalue weighted by molar-refractivity contribution is 5.74. The summed E-state index contributed by atoms with van der Waals surface area (Å²) in [5.41, 5.74) is 1.21. The van der Waals surface area contributed by atoms with E-state index in [1.165, 1.54) is 0 Å². The summed E-state index contributed by atoms with van der Waals surface area (Å²) in [6.45, 7) is 6.04. The number of aryl methyl sites for hydroxylation is 2. The van der Waals surface area contributed by atoms with E-state index in [1.807, 2.05) is 38.1 Å². The molecule has 1 rings (SSSR count). The Hall–Kier alpha value is -2.02. The number of rotatable bonds is 7. The molecule has 1 N–H and O–H groups in total. The lowest BCUT2D eigenvalue weighted by molar-refractivity contribution is -0.148. The minimum atomic E-state index is -0.986. The summed E-state index contributed by atoms with van der Waals surface area (Å²) in [5.74, 6) is -0.0897. The average Bonchev–Trinajstić information content (AvgIpc) is 2.38. The van der Waals surface area contributed by atoms with Gasteiger partial charge in [-0.2, -0.15) is 5.26 Å². The largest absolute Gasteiger partial charge is 0.493 e. The van der Waals surface area contributed by atoms with E-state index in [9.17, 15) is 4.79 Å². The van der Waals surface area contributed by atoms with Crippen LogP contribution in [0.15, 0.2) is 18.2 Å². The normalized spacial score (nSPS) is 13.3. The highest BCUT2D eigenvalue weighted by Crippen LogP contribution is 2.28. The standard InChI is InChI=1S/C16H21NO3/c1-12-5-6-13(2)14(11-12)20-10-4-7-16(3,8-9-17)15(18)19/h5-6,11H,4,7-8,10H2,1-3H3,(H,18,19). The van der Waals surface area contributed by atoms with E-state index in [-0.39, 0.29) is 6.42 Å². The molecule has 1 unspecified atom stereocenters. The van der Waals surface area contributed by atoms with Crippen LogP contribution in [-0.2, 0) is 4.79 Å². The molecular weight excluding hydrogens is 254 g/mol. The van der Waals surface area contributed by atoms with Crippen molar-refractivity contribution in [1.29, 1.82) is 5.26 Å². The molecular formula is C16H21NO3. The van der Waals surface area contributed by atoms with Gasteiger partial charge < -0.3 is 9.84 Å². The number of nitriles is 1. The van der Waals surface area contributed by atoms with Crippen LogP contribution < -0.4 is 4.74 Å². The minimum Gasteiger partial charge on any atom is -0.493 e. The Morgan fingerprint density at radius 3 is 2.75 bits per heavy atom. The van der Waals surface area contributed by atoms with Gasteiger partial charge >= 0.3 is 5.97 Å². The van der Waals surface area contributed by atoms with Gasteiger partial charge in [-0.3, -0.25) is 4.79 Å². The average molecular weight is 275 g/mol. The highest BCUT2D eigenvalue weighted by atomic mass is 16.5. The van der Waals surface area contributed by atoms with E-state index >= 15 is 0 Å². The number of carboxylic acid groups (broad SMARTS) is 1. The highest BCUT2D eigenvalue weighted by Gasteiger charge is 2.32. The third-order valence-corrected chi connectivity index (χ3v) is 3.46. The fourth-order valence-corrected chi connectivity index (χ4v) is 1.95. The van der Waals surface area contributed by atoms with Gasteiger partial charge in [0.1, 0.15) is 5.75 Å². The fraction of sp³-hybridized carbons (Fsp3) is 0.500. The van der Waals surface area contributed by atoms with Crippen molar-refractivity contribution in [3.63, 3.8) is 0 Å². The topological polar surface area (TPSA) is 70.3 Å². The summed E-state index contributed by atoms with van der Waals surface area (Å²) in [7, 11) is 0. The second kappa shape index (κ2) is 6.95. The molecule has 20 heavy (non-hydrogen) atoms. The van der Waals surface area contributed by atoms with Crippen molar-refractivity contribution in [2.75, 3.05) is 6.61 Å². The van der Waals surface area contributed by atoms with Crippen LogP contribution >= 0.6 is 0 Å². The van der Waals surface area contributed by atoms with Crippen LogP contribution in [0.1, 0.15) is 37.3 Å². The number of carbonyl (C=O) groups is 1. The van der Waals surface area contributed by atoms with Crippen LogP contribution in [0, 0.1) is 30.6 Å². The Labute approximate surface area is 120 Å². The van der Waals surface area contributed by atoms with Crippen molar-refractivity contribution in [3.05, 3.63) is 29.3 Å². The zero-order chi connectivity index (χ0) is 15.2. The van der Waals surface area contributed by atoms with E-state index in [2.05, 4.69) is 0 Å². The number of aliphatic carboxylic acids is 1. The minimum absolute atomic E-state index is 0.0196. The van der Waals surface area contributed by atoms with Crippen LogP contribution in [0.5, 0.6) is 5.75 Å². The van der Waals surface area contributed by atoms with Crippen LogP contribution in [-0.4, -0.2) is 17.7 Å². The molecule has 1 atom stereocenters. The molecule has 1 aromatic rings. The number of benzene rings is 1. The van der Waals surface area contributed by atoms with E-state index < -0.39 is 11.4 Å². The summed E-state index contributed by atoms with van der Waals surface area (Å²) >= 11 is 0. The molecule has 0 aromatic heterocycles. The van der Waals surface area contributed by atoms with Gasteiger partial charge in [-0.05, 0) is 50.8 Å². The molecule has 0 saturated carbocycles. The van der Waals surface area contributed by atoms with E-state index in [4.69, 9.17) is 15.1 Å². The Balaban J connectivity index is 2.51. The summed E-state index contributed by atoms with van der Waals surface area (Å²) in [4.78, 5) is 11.2. The van der Waals surface area contributed by atoms with Crippen molar-refractivity contribution in [2.24, 2.45) is 5.41 Å². The third-order valence-electron chi connectivity index (χ3n) is 3.46. The Morgan fingerprint density at radius 1 is 1.45 bits per heavy atom. The molecule has 4 nitrogen and oxygen atoms in total. The lowest BCUT2D eigenvalue weighted by Gasteiger charge is -2.21. The Bertz CT molecular complexity index is 519. The number of carboxylic acids is 1. The maximum Gasteiger partial charge on any atom is 0.310 e. The number of hydrogen-bond donors (Lipinski definition) is 1. The second-order valence-electron chi connectivity index (χ2n) is 5.42. The second-order valence-corrected chi connectivity index (χ2v) is 5.42. The zero-order valence-corrected chi connectivity index (χ0v) is 12.3. The van der Waals surface area contributed by atoms with Crippen molar-refractivity contribution in [2.45, 2.75) is 40.0 Å². The maximum absolute atomic E-state index is 11.2. The molecule has 108 valence electrons.